The van der Waals surface area contributed by atoms with Crippen molar-refractivity contribution < 1.29 is 14.1 Å². The number of ether oxygens (including phenoxy) is 1. The van der Waals surface area contributed by atoms with Crippen LogP contribution in [0.2, 0.25) is 0 Å². The molecule has 5 nitrogen and oxygen atoms in total. The van der Waals surface area contributed by atoms with Gasteiger partial charge in [-0.15, -0.1) is 0 Å². The van der Waals surface area contributed by atoms with Gasteiger partial charge >= 0.3 is 5.69 Å². The molecule has 0 N–H and O–H groups in total. The van der Waals surface area contributed by atoms with Gasteiger partial charge in [0.25, 0.3) is 0 Å². The Morgan fingerprint density at radius 1 is 1.32 bits per heavy atom. The third-order valence-corrected chi connectivity index (χ3v) is 2.55. The number of aromatic nitrogens is 1. The van der Waals surface area contributed by atoms with Crippen molar-refractivity contribution in [3.8, 4) is 5.75 Å². The zero-order chi connectivity index (χ0) is 13.8. The molecule has 0 aliphatic rings. The Labute approximate surface area is 108 Å². The molecule has 1 heterocycles. The van der Waals surface area contributed by atoms with Crippen molar-refractivity contribution >= 4 is 5.69 Å². The molecular weight excluding hydrogens is 251 g/mol. The molecule has 98 valence electrons. The van der Waals surface area contributed by atoms with Crippen molar-refractivity contribution in [2.75, 3.05) is 0 Å². The second-order valence-electron chi connectivity index (χ2n) is 3.86. The van der Waals surface area contributed by atoms with E-state index >= 15 is 0 Å². The molecule has 0 bridgehead atoms. The van der Waals surface area contributed by atoms with E-state index in [1.807, 2.05) is 0 Å². The predicted molar refractivity (Wildman–Crippen MR) is 66.3 cm³/mol. The van der Waals surface area contributed by atoms with Crippen LogP contribution in [-0.4, -0.2) is 9.91 Å². The Kier molecular flexibility index (Phi) is 3.70. The number of benzene rings is 1. The summed E-state index contributed by atoms with van der Waals surface area (Å²) in [7, 11) is 0. The fourth-order valence-corrected chi connectivity index (χ4v) is 1.60. The Balaban J connectivity index is 2.25. The number of hydrogen-bond acceptors (Lipinski definition) is 4. The quantitative estimate of drug-likeness (QED) is 0.626. The molecule has 0 fully saturated rings. The second kappa shape index (κ2) is 5.43. The van der Waals surface area contributed by atoms with Crippen molar-refractivity contribution in [3.63, 3.8) is 0 Å². The molecule has 19 heavy (non-hydrogen) atoms. The molecule has 1 unspecified atom stereocenters. The second-order valence-corrected chi connectivity index (χ2v) is 3.86. The van der Waals surface area contributed by atoms with Crippen molar-refractivity contribution in [2.24, 2.45) is 0 Å². The minimum absolute atomic E-state index is 0.160. The van der Waals surface area contributed by atoms with Gasteiger partial charge in [0.05, 0.1) is 10.6 Å². The summed E-state index contributed by atoms with van der Waals surface area (Å²) in [6.07, 6.45) is 1.09. The molecule has 1 atom stereocenters. The van der Waals surface area contributed by atoms with E-state index in [1.54, 1.807) is 31.3 Å². The van der Waals surface area contributed by atoms with Gasteiger partial charge in [-0.05, 0) is 25.1 Å². The van der Waals surface area contributed by atoms with Gasteiger partial charge in [0.15, 0.2) is 5.75 Å². The maximum Gasteiger partial charge on any atom is 0.308 e. The third-order valence-electron chi connectivity index (χ3n) is 2.55. The lowest BCUT2D eigenvalue weighted by molar-refractivity contribution is -0.387. The monoisotopic (exact) mass is 262 g/mol. The van der Waals surface area contributed by atoms with Crippen LogP contribution in [0.25, 0.3) is 0 Å². The average molecular weight is 262 g/mol. The van der Waals surface area contributed by atoms with E-state index in [1.165, 1.54) is 12.1 Å². The van der Waals surface area contributed by atoms with Crippen LogP contribution >= 0.6 is 0 Å². The summed E-state index contributed by atoms with van der Waals surface area (Å²) >= 11 is 0. The van der Waals surface area contributed by atoms with Crippen molar-refractivity contribution in [3.05, 3.63) is 64.2 Å². The number of hydrogen-bond donors (Lipinski definition) is 0. The van der Waals surface area contributed by atoms with Gasteiger partial charge in [0.1, 0.15) is 6.10 Å². The van der Waals surface area contributed by atoms with E-state index in [-0.39, 0.29) is 5.75 Å². The zero-order valence-corrected chi connectivity index (χ0v) is 10.1. The molecule has 0 saturated carbocycles. The third kappa shape index (κ3) is 2.85. The standard InChI is InChI=1S/C13H11FN2O3/c1-9(10-5-2-3-8-15-10)19-12-7-4-6-11(13(12)14)16(17)18/h2-9H,1H3. The van der Waals surface area contributed by atoms with Gasteiger partial charge in [-0.25, -0.2) is 0 Å². The maximum absolute atomic E-state index is 13.8. The Morgan fingerprint density at radius 2 is 2.11 bits per heavy atom. The van der Waals surface area contributed by atoms with E-state index in [0.29, 0.717) is 5.69 Å². The molecule has 1 aromatic heterocycles. The first-order valence-corrected chi connectivity index (χ1v) is 5.60. The summed E-state index contributed by atoms with van der Waals surface area (Å²) in [5, 5.41) is 10.6. The molecule has 0 spiro atoms. The van der Waals surface area contributed by atoms with E-state index < -0.39 is 22.5 Å². The first kappa shape index (κ1) is 12.9. The van der Waals surface area contributed by atoms with Crippen LogP contribution in [0.3, 0.4) is 0 Å². The summed E-state index contributed by atoms with van der Waals surface area (Å²) in [6, 6.07) is 9.09. The largest absolute Gasteiger partial charge is 0.481 e. The van der Waals surface area contributed by atoms with E-state index in [0.717, 1.165) is 6.07 Å². The fraction of sp³-hybridized carbons (Fsp3) is 0.154. The lowest BCUT2D eigenvalue weighted by atomic mass is 10.2. The molecule has 2 aromatic rings. The minimum Gasteiger partial charge on any atom is -0.481 e. The number of rotatable bonds is 4. The molecule has 0 amide bonds. The normalized spacial score (nSPS) is 11.9. The first-order chi connectivity index (χ1) is 9.09. The van der Waals surface area contributed by atoms with Crippen LogP contribution in [0.15, 0.2) is 42.6 Å². The van der Waals surface area contributed by atoms with Crippen molar-refractivity contribution in [1.29, 1.82) is 0 Å². The smallest absolute Gasteiger partial charge is 0.308 e. The number of nitrogens with zero attached hydrogens (tertiary/aromatic N) is 2. The molecule has 0 saturated heterocycles. The topological polar surface area (TPSA) is 65.3 Å². The SMILES string of the molecule is CC(Oc1cccc([N+](=O)[O-])c1F)c1ccccn1. The van der Waals surface area contributed by atoms with Crippen molar-refractivity contribution in [1.82, 2.24) is 4.98 Å². The van der Waals surface area contributed by atoms with Gasteiger partial charge in [-0.3, -0.25) is 15.1 Å². The lowest BCUT2D eigenvalue weighted by Gasteiger charge is -2.14. The van der Waals surface area contributed by atoms with Gasteiger partial charge in [-0.2, -0.15) is 4.39 Å². The Bertz CT molecular complexity index is 590. The van der Waals surface area contributed by atoms with Gasteiger partial charge < -0.3 is 4.74 Å². The van der Waals surface area contributed by atoms with E-state index in [9.17, 15) is 14.5 Å². The van der Waals surface area contributed by atoms with E-state index in [4.69, 9.17) is 4.74 Å². The molecule has 2 rings (SSSR count). The fourth-order valence-electron chi connectivity index (χ4n) is 1.60. The number of pyridine rings is 1. The molecule has 1 aromatic carbocycles. The summed E-state index contributed by atoms with van der Waals surface area (Å²) in [6.45, 7) is 1.70. The number of nitro benzene ring substituents is 1. The highest BCUT2D eigenvalue weighted by atomic mass is 19.1. The first-order valence-electron chi connectivity index (χ1n) is 5.60. The van der Waals surface area contributed by atoms with Crippen LogP contribution in [0, 0.1) is 15.9 Å². The van der Waals surface area contributed by atoms with Crippen LogP contribution in [-0.2, 0) is 0 Å². The molecular formula is C13H11FN2O3. The van der Waals surface area contributed by atoms with Crippen LogP contribution in [0.1, 0.15) is 18.7 Å². The summed E-state index contributed by atoms with van der Waals surface area (Å²) in [4.78, 5) is 13.9. The summed E-state index contributed by atoms with van der Waals surface area (Å²) in [5.74, 6) is -1.14. The molecule has 0 aliphatic heterocycles. The Hall–Kier alpha value is -2.50. The highest BCUT2D eigenvalue weighted by Gasteiger charge is 2.20. The zero-order valence-electron chi connectivity index (χ0n) is 10.1. The highest BCUT2D eigenvalue weighted by molar-refractivity contribution is 5.40. The maximum atomic E-state index is 13.8. The lowest BCUT2D eigenvalue weighted by Crippen LogP contribution is -2.06. The summed E-state index contributed by atoms with van der Waals surface area (Å²) in [5.41, 5.74) is 0.0131. The van der Waals surface area contributed by atoms with Crippen LogP contribution in [0.5, 0.6) is 5.75 Å². The van der Waals surface area contributed by atoms with Crippen molar-refractivity contribution in [2.45, 2.75) is 13.0 Å². The van der Waals surface area contributed by atoms with E-state index in [2.05, 4.69) is 4.98 Å². The van der Waals surface area contributed by atoms with Gasteiger partial charge in [0, 0.05) is 12.3 Å². The van der Waals surface area contributed by atoms with Gasteiger partial charge in [0.2, 0.25) is 5.82 Å². The molecule has 0 radical (unpaired) electrons. The molecule has 0 aliphatic carbocycles. The minimum atomic E-state index is -0.977. The van der Waals surface area contributed by atoms with Crippen LogP contribution < -0.4 is 4.74 Å². The predicted octanol–water partition coefficient (Wildman–Crippen LogP) is 3.27. The summed E-state index contributed by atoms with van der Waals surface area (Å²) < 4.78 is 19.2. The number of nitro groups is 1. The highest BCUT2D eigenvalue weighted by Crippen LogP contribution is 2.29. The average Bonchev–Trinajstić information content (AvgIpc) is 2.41. The van der Waals surface area contributed by atoms with Gasteiger partial charge in [-0.1, -0.05) is 12.1 Å². The van der Waals surface area contributed by atoms with Crippen LogP contribution in [0.4, 0.5) is 10.1 Å². The number of halogens is 1. The molecule has 6 heteroatoms. The Morgan fingerprint density at radius 3 is 2.74 bits per heavy atom.